The van der Waals surface area contributed by atoms with Crippen LogP contribution in [0.1, 0.15) is 67.2 Å². The monoisotopic (exact) mass is 282 g/mol. The fraction of sp³-hybridized carbons (Fsp3) is 1.00. The smallest absolute Gasteiger partial charge is 0.00499 e. The van der Waals surface area contributed by atoms with E-state index in [1.807, 2.05) is 0 Å². The Labute approximate surface area is 127 Å². The number of nitrogens with one attached hydrogen (secondary N) is 1. The third kappa shape index (κ3) is 5.37. The van der Waals surface area contributed by atoms with Crippen LogP contribution in [0.5, 0.6) is 0 Å². The van der Waals surface area contributed by atoms with Crippen LogP contribution in [0.25, 0.3) is 0 Å². The van der Waals surface area contributed by atoms with E-state index in [2.05, 4.69) is 51.8 Å². The van der Waals surface area contributed by atoms with Gasteiger partial charge in [-0.3, -0.25) is 0 Å². The van der Waals surface area contributed by atoms with Crippen LogP contribution in [0.3, 0.4) is 0 Å². The molecular weight excluding hydrogens is 244 g/mol. The number of piperidine rings is 1. The molecule has 0 spiro atoms. The molecule has 0 saturated carbocycles. The van der Waals surface area contributed by atoms with E-state index in [1.54, 1.807) is 0 Å². The predicted octanol–water partition coefficient (Wildman–Crippen LogP) is 4.16. The molecule has 0 bridgehead atoms. The van der Waals surface area contributed by atoms with Crippen molar-refractivity contribution < 1.29 is 0 Å². The molecule has 2 nitrogen and oxygen atoms in total. The van der Waals surface area contributed by atoms with Crippen LogP contribution < -0.4 is 5.32 Å². The van der Waals surface area contributed by atoms with E-state index >= 15 is 0 Å². The van der Waals surface area contributed by atoms with Gasteiger partial charge in [0.2, 0.25) is 0 Å². The van der Waals surface area contributed by atoms with Crippen molar-refractivity contribution in [2.45, 2.75) is 73.3 Å². The molecule has 0 aromatic heterocycles. The molecule has 0 aromatic rings. The van der Waals surface area contributed by atoms with E-state index in [0.717, 1.165) is 11.8 Å². The summed E-state index contributed by atoms with van der Waals surface area (Å²) in [4.78, 5) is 2.73. The maximum atomic E-state index is 3.68. The lowest BCUT2D eigenvalue weighted by Crippen LogP contribution is -2.47. The van der Waals surface area contributed by atoms with Crippen molar-refractivity contribution in [2.75, 3.05) is 26.2 Å². The Morgan fingerprint density at radius 2 is 1.60 bits per heavy atom. The average Bonchev–Trinajstić information content (AvgIpc) is 2.44. The van der Waals surface area contributed by atoms with E-state index in [4.69, 9.17) is 0 Å². The molecular formula is C18H38N2. The molecule has 1 rings (SSSR count). The zero-order valence-corrected chi connectivity index (χ0v) is 14.8. The minimum Gasteiger partial charge on any atom is -0.314 e. The molecule has 1 aliphatic heterocycles. The Kier molecular flexibility index (Phi) is 7.53. The summed E-state index contributed by atoms with van der Waals surface area (Å²) < 4.78 is 0. The molecule has 120 valence electrons. The maximum Gasteiger partial charge on any atom is 0.00499 e. The van der Waals surface area contributed by atoms with Crippen LogP contribution in [0, 0.1) is 17.3 Å². The predicted molar refractivity (Wildman–Crippen MR) is 90.2 cm³/mol. The van der Waals surface area contributed by atoms with Crippen molar-refractivity contribution in [3.8, 4) is 0 Å². The first-order valence-electron chi connectivity index (χ1n) is 8.88. The lowest BCUT2D eigenvalue weighted by Gasteiger charge is -2.41. The molecule has 1 N–H and O–H groups in total. The lowest BCUT2D eigenvalue weighted by molar-refractivity contribution is 0.0888. The van der Waals surface area contributed by atoms with Crippen molar-refractivity contribution in [2.24, 2.45) is 17.3 Å². The molecule has 0 amide bonds. The van der Waals surface area contributed by atoms with Gasteiger partial charge in [-0.15, -0.1) is 0 Å². The minimum absolute atomic E-state index is 0.467. The number of likely N-dealkylation sites (tertiary alicyclic amines) is 1. The summed E-state index contributed by atoms with van der Waals surface area (Å²) in [6, 6.07) is 0.596. The highest BCUT2D eigenvalue weighted by atomic mass is 15.1. The third-order valence-corrected chi connectivity index (χ3v) is 5.52. The van der Waals surface area contributed by atoms with Crippen LogP contribution in [0.4, 0.5) is 0 Å². The van der Waals surface area contributed by atoms with Crippen LogP contribution in [0.2, 0.25) is 0 Å². The van der Waals surface area contributed by atoms with Gasteiger partial charge < -0.3 is 10.2 Å². The first-order chi connectivity index (χ1) is 9.42. The Morgan fingerprint density at radius 3 is 2.00 bits per heavy atom. The van der Waals surface area contributed by atoms with Gasteiger partial charge in [0, 0.05) is 19.1 Å². The Morgan fingerprint density at radius 1 is 1.05 bits per heavy atom. The van der Waals surface area contributed by atoms with Crippen LogP contribution >= 0.6 is 0 Å². The van der Waals surface area contributed by atoms with Crippen molar-refractivity contribution >= 4 is 0 Å². The summed E-state index contributed by atoms with van der Waals surface area (Å²) in [5.74, 6) is 1.82. The fourth-order valence-corrected chi connectivity index (χ4v) is 3.45. The molecule has 2 heteroatoms. The normalized spacial score (nSPS) is 19.2. The molecule has 0 atom stereocenters. The van der Waals surface area contributed by atoms with Crippen LogP contribution in [-0.4, -0.2) is 37.1 Å². The van der Waals surface area contributed by atoms with E-state index in [-0.39, 0.29) is 0 Å². The van der Waals surface area contributed by atoms with Gasteiger partial charge in [-0.2, -0.15) is 0 Å². The van der Waals surface area contributed by atoms with Gasteiger partial charge in [-0.25, -0.2) is 0 Å². The number of nitrogens with zero attached hydrogens (tertiary/aromatic N) is 1. The first kappa shape index (κ1) is 18.0. The molecule has 1 heterocycles. The summed E-state index contributed by atoms with van der Waals surface area (Å²) in [6.07, 6.45) is 5.37. The number of hydrogen-bond acceptors (Lipinski definition) is 2. The summed E-state index contributed by atoms with van der Waals surface area (Å²) in [5, 5.41) is 3.68. The quantitative estimate of drug-likeness (QED) is 0.719. The van der Waals surface area contributed by atoms with Gasteiger partial charge in [0.1, 0.15) is 0 Å². The highest BCUT2D eigenvalue weighted by Gasteiger charge is 2.31. The van der Waals surface area contributed by atoms with Gasteiger partial charge in [0.15, 0.2) is 0 Å². The molecule has 1 fully saturated rings. The van der Waals surface area contributed by atoms with Crippen molar-refractivity contribution in [3.05, 3.63) is 0 Å². The second kappa shape index (κ2) is 8.38. The second-order valence-corrected chi connectivity index (χ2v) is 7.60. The highest BCUT2D eigenvalue weighted by Crippen LogP contribution is 2.31. The van der Waals surface area contributed by atoms with E-state index in [1.165, 1.54) is 51.9 Å². The highest BCUT2D eigenvalue weighted by molar-refractivity contribution is 4.85. The Hall–Kier alpha value is -0.0800. The van der Waals surface area contributed by atoms with Crippen molar-refractivity contribution in [3.63, 3.8) is 0 Å². The van der Waals surface area contributed by atoms with E-state index in [0.29, 0.717) is 11.5 Å². The molecule has 0 aliphatic carbocycles. The minimum atomic E-state index is 0.467. The summed E-state index contributed by atoms with van der Waals surface area (Å²) >= 11 is 0. The van der Waals surface area contributed by atoms with Crippen molar-refractivity contribution in [1.82, 2.24) is 10.2 Å². The maximum absolute atomic E-state index is 3.68. The molecule has 20 heavy (non-hydrogen) atoms. The summed E-state index contributed by atoms with van der Waals surface area (Å²) in [7, 11) is 0. The third-order valence-electron chi connectivity index (χ3n) is 5.52. The van der Waals surface area contributed by atoms with Gasteiger partial charge >= 0.3 is 0 Å². The molecule has 1 aliphatic rings. The zero-order chi connectivity index (χ0) is 15.2. The SMILES string of the molecule is CCC(CC)(CNC(C)C)CN1CCC(C(C)C)CC1. The number of hydrogen-bond donors (Lipinski definition) is 1. The molecule has 1 saturated heterocycles. The Bertz CT molecular complexity index is 248. The lowest BCUT2D eigenvalue weighted by atomic mass is 9.80. The Balaban J connectivity index is 2.50. The summed E-state index contributed by atoms with van der Waals surface area (Å²) in [5.41, 5.74) is 0.467. The fourth-order valence-electron chi connectivity index (χ4n) is 3.45. The van der Waals surface area contributed by atoms with E-state index < -0.39 is 0 Å². The van der Waals surface area contributed by atoms with Gasteiger partial charge in [0.05, 0.1) is 0 Å². The van der Waals surface area contributed by atoms with Crippen molar-refractivity contribution in [1.29, 1.82) is 0 Å². The second-order valence-electron chi connectivity index (χ2n) is 7.60. The summed E-state index contributed by atoms with van der Waals surface area (Å²) in [6.45, 7) is 19.1. The van der Waals surface area contributed by atoms with Crippen LogP contribution in [0.15, 0.2) is 0 Å². The molecule has 0 unspecified atom stereocenters. The molecule has 0 aromatic carbocycles. The largest absolute Gasteiger partial charge is 0.314 e. The standard InChI is InChI=1S/C18H38N2/c1-7-18(8-2,13-19-16(5)6)14-20-11-9-17(10-12-20)15(3)4/h15-17,19H,7-14H2,1-6H3. The van der Waals surface area contributed by atoms with Gasteiger partial charge in [-0.1, -0.05) is 41.5 Å². The first-order valence-corrected chi connectivity index (χ1v) is 8.88. The number of rotatable bonds is 8. The topological polar surface area (TPSA) is 15.3 Å². The van der Waals surface area contributed by atoms with Gasteiger partial charge in [-0.05, 0) is 56.0 Å². The molecule has 0 radical (unpaired) electrons. The zero-order valence-electron chi connectivity index (χ0n) is 14.8. The average molecular weight is 283 g/mol. The van der Waals surface area contributed by atoms with Gasteiger partial charge in [0.25, 0.3) is 0 Å². The van der Waals surface area contributed by atoms with Crippen LogP contribution in [-0.2, 0) is 0 Å². The van der Waals surface area contributed by atoms with E-state index in [9.17, 15) is 0 Å².